The molecule has 1 fully saturated rings. The number of piperazine rings is 1. The molecule has 1 N–H and O–H groups in total. The Kier molecular flexibility index (Phi) is 6.24. The zero-order chi connectivity index (χ0) is 21.6. The number of amides is 1. The van der Waals surface area contributed by atoms with Gasteiger partial charge in [-0.2, -0.15) is 0 Å². The van der Waals surface area contributed by atoms with Gasteiger partial charge in [0.15, 0.2) is 0 Å². The summed E-state index contributed by atoms with van der Waals surface area (Å²) in [6.45, 7) is 3.18. The van der Waals surface area contributed by atoms with Crippen LogP contribution >= 0.6 is 0 Å². The van der Waals surface area contributed by atoms with E-state index in [1.54, 1.807) is 12.1 Å². The summed E-state index contributed by atoms with van der Waals surface area (Å²) in [6, 6.07) is 24.5. The number of rotatable bonds is 6. The van der Waals surface area contributed by atoms with Crippen molar-refractivity contribution >= 4 is 23.0 Å². The van der Waals surface area contributed by atoms with Crippen LogP contribution in [-0.2, 0) is 4.79 Å². The summed E-state index contributed by atoms with van der Waals surface area (Å²) >= 11 is 0. The van der Waals surface area contributed by atoms with Crippen LogP contribution in [0.1, 0.15) is 0 Å². The van der Waals surface area contributed by atoms with Crippen molar-refractivity contribution in [2.24, 2.45) is 0 Å². The van der Waals surface area contributed by atoms with E-state index >= 15 is 0 Å². The summed E-state index contributed by atoms with van der Waals surface area (Å²) in [5.41, 5.74) is 3.79. The van der Waals surface area contributed by atoms with E-state index < -0.39 is 0 Å². The summed E-state index contributed by atoms with van der Waals surface area (Å²) < 4.78 is 0. The summed E-state index contributed by atoms with van der Waals surface area (Å²) in [4.78, 5) is 27.5. The van der Waals surface area contributed by atoms with Crippen molar-refractivity contribution in [2.45, 2.75) is 0 Å². The number of anilines is 2. The number of nitrogens with one attached hydrogen (secondary N) is 1. The number of hydrogen-bond donors (Lipinski definition) is 1. The fourth-order valence-electron chi connectivity index (χ4n) is 3.82. The molecule has 3 aromatic rings. The van der Waals surface area contributed by atoms with Crippen LogP contribution in [0.5, 0.6) is 0 Å². The van der Waals surface area contributed by atoms with Crippen LogP contribution < -0.4 is 10.2 Å². The van der Waals surface area contributed by atoms with Gasteiger partial charge in [0.05, 0.1) is 11.5 Å². The maximum Gasteiger partial charge on any atom is 0.271 e. The molecule has 0 aromatic heterocycles. The summed E-state index contributed by atoms with van der Waals surface area (Å²) in [5.74, 6) is -0.0489. The highest BCUT2D eigenvalue weighted by molar-refractivity contribution is 5.96. The lowest BCUT2D eigenvalue weighted by molar-refractivity contribution is -0.384. The fraction of sp³-hybridized carbons (Fsp3) is 0.208. The normalized spacial score (nSPS) is 14.3. The molecule has 1 saturated heterocycles. The maximum atomic E-state index is 12.7. The van der Waals surface area contributed by atoms with Gasteiger partial charge in [-0.25, -0.2) is 0 Å². The minimum absolute atomic E-state index is 0.0489. The smallest absolute Gasteiger partial charge is 0.271 e. The molecule has 0 atom stereocenters. The molecule has 1 aliphatic heterocycles. The minimum atomic E-state index is -0.378. The lowest BCUT2D eigenvalue weighted by atomic mass is 10.0. The monoisotopic (exact) mass is 416 g/mol. The third kappa shape index (κ3) is 5.07. The van der Waals surface area contributed by atoms with Crippen LogP contribution in [0.2, 0.25) is 0 Å². The third-order valence-corrected chi connectivity index (χ3v) is 5.43. The van der Waals surface area contributed by atoms with Crippen molar-refractivity contribution in [1.29, 1.82) is 0 Å². The Morgan fingerprint density at radius 2 is 1.61 bits per heavy atom. The van der Waals surface area contributed by atoms with E-state index in [2.05, 4.69) is 15.1 Å². The number of benzene rings is 3. The molecule has 0 bridgehead atoms. The third-order valence-electron chi connectivity index (χ3n) is 5.43. The number of carbonyl (C=O) groups is 1. The van der Waals surface area contributed by atoms with E-state index in [0.29, 0.717) is 6.54 Å². The van der Waals surface area contributed by atoms with Crippen molar-refractivity contribution in [1.82, 2.24) is 4.90 Å². The number of nitro groups is 1. The second kappa shape index (κ2) is 9.40. The molecular weight excluding hydrogens is 392 g/mol. The molecule has 1 heterocycles. The fourth-order valence-corrected chi connectivity index (χ4v) is 3.82. The summed E-state index contributed by atoms with van der Waals surface area (Å²) in [7, 11) is 0. The predicted molar refractivity (Wildman–Crippen MR) is 122 cm³/mol. The average Bonchev–Trinajstić information content (AvgIpc) is 2.80. The zero-order valence-corrected chi connectivity index (χ0v) is 17.1. The Hall–Kier alpha value is -3.71. The quantitative estimate of drug-likeness (QED) is 0.485. The standard InChI is InChI=1S/C24H24N4O3/c29-24(25-23-12-5-4-11-22(23)19-7-2-1-3-8-19)18-26-13-15-27(16-14-26)20-9-6-10-21(17-20)28(30)31/h1-12,17H,13-16,18H2,(H,25,29). The van der Waals surface area contributed by atoms with Gasteiger partial charge >= 0.3 is 0 Å². The van der Waals surface area contributed by atoms with Gasteiger partial charge in [0.25, 0.3) is 5.69 Å². The van der Waals surface area contributed by atoms with E-state index in [9.17, 15) is 14.9 Å². The van der Waals surface area contributed by atoms with Crippen LogP contribution in [0.25, 0.3) is 11.1 Å². The first kappa shape index (κ1) is 20.6. The predicted octanol–water partition coefficient (Wildman–Crippen LogP) is 4.02. The first-order valence-corrected chi connectivity index (χ1v) is 10.3. The molecule has 1 aliphatic rings. The molecule has 4 rings (SSSR count). The Bertz CT molecular complexity index is 1060. The van der Waals surface area contributed by atoms with Crippen LogP contribution in [0.3, 0.4) is 0 Å². The van der Waals surface area contributed by atoms with Gasteiger partial charge in [0.2, 0.25) is 5.91 Å². The molecule has 0 spiro atoms. The van der Waals surface area contributed by atoms with E-state index in [4.69, 9.17) is 0 Å². The Morgan fingerprint density at radius 3 is 2.35 bits per heavy atom. The van der Waals surface area contributed by atoms with Gasteiger partial charge in [-0.15, -0.1) is 0 Å². The lowest BCUT2D eigenvalue weighted by Crippen LogP contribution is -2.48. The Labute approximate surface area is 181 Å². The van der Waals surface area contributed by atoms with Crippen molar-refractivity contribution < 1.29 is 9.72 Å². The Balaban J connectivity index is 1.34. The van der Waals surface area contributed by atoms with Gasteiger partial charge in [-0.1, -0.05) is 54.6 Å². The maximum absolute atomic E-state index is 12.7. The molecule has 0 saturated carbocycles. The zero-order valence-electron chi connectivity index (χ0n) is 17.1. The Morgan fingerprint density at radius 1 is 0.903 bits per heavy atom. The van der Waals surface area contributed by atoms with E-state index in [1.807, 2.05) is 60.7 Å². The molecule has 7 heteroatoms. The molecule has 158 valence electrons. The summed E-state index contributed by atoms with van der Waals surface area (Å²) in [5, 5.41) is 14.1. The van der Waals surface area contributed by atoms with Gasteiger partial charge in [0.1, 0.15) is 0 Å². The van der Waals surface area contributed by atoms with Crippen molar-refractivity contribution in [3.8, 4) is 11.1 Å². The highest BCUT2D eigenvalue weighted by Crippen LogP contribution is 2.27. The van der Waals surface area contributed by atoms with Gasteiger partial charge < -0.3 is 10.2 Å². The lowest BCUT2D eigenvalue weighted by Gasteiger charge is -2.35. The van der Waals surface area contributed by atoms with E-state index in [1.165, 1.54) is 6.07 Å². The van der Waals surface area contributed by atoms with E-state index in [-0.39, 0.29) is 16.5 Å². The highest BCUT2D eigenvalue weighted by atomic mass is 16.6. The number of carbonyl (C=O) groups excluding carboxylic acids is 1. The average molecular weight is 416 g/mol. The SMILES string of the molecule is O=C(CN1CCN(c2cccc([N+](=O)[O-])c2)CC1)Nc1ccccc1-c1ccccc1. The second-order valence-corrected chi connectivity index (χ2v) is 7.50. The summed E-state index contributed by atoms with van der Waals surface area (Å²) in [6.07, 6.45) is 0. The van der Waals surface area contributed by atoms with Crippen molar-refractivity contribution in [3.63, 3.8) is 0 Å². The molecule has 3 aromatic carbocycles. The number of nitrogens with zero attached hydrogens (tertiary/aromatic N) is 3. The second-order valence-electron chi connectivity index (χ2n) is 7.50. The molecule has 31 heavy (non-hydrogen) atoms. The first-order chi connectivity index (χ1) is 15.1. The number of hydrogen-bond acceptors (Lipinski definition) is 5. The van der Waals surface area contributed by atoms with E-state index in [0.717, 1.165) is 48.7 Å². The topological polar surface area (TPSA) is 78.7 Å². The van der Waals surface area contributed by atoms with Crippen LogP contribution in [-0.4, -0.2) is 48.5 Å². The molecule has 0 aliphatic carbocycles. The number of non-ortho nitro benzene ring substituents is 1. The largest absolute Gasteiger partial charge is 0.369 e. The van der Waals surface area contributed by atoms with Gasteiger partial charge in [0, 0.05) is 55.2 Å². The first-order valence-electron chi connectivity index (χ1n) is 10.3. The number of para-hydroxylation sites is 1. The highest BCUT2D eigenvalue weighted by Gasteiger charge is 2.21. The minimum Gasteiger partial charge on any atom is -0.369 e. The van der Waals surface area contributed by atoms with Crippen LogP contribution in [0.4, 0.5) is 17.1 Å². The molecule has 0 unspecified atom stereocenters. The molecule has 1 amide bonds. The molecule has 7 nitrogen and oxygen atoms in total. The van der Waals surface area contributed by atoms with Gasteiger partial charge in [-0.3, -0.25) is 19.8 Å². The van der Waals surface area contributed by atoms with Crippen molar-refractivity contribution in [3.05, 3.63) is 89.0 Å². The van der Waals surface area contributed by atoms with Crippen molar-refractivity contribution in [2.75, 3.05) is 42.9 Å². The van der Waals surface area contributed by atoms with Gasteiger partial charge in [-0.05, 0) is 17.7 Å². The molecular formula is C24H24N4O3. The van der Waals surface area contributed by atoms with Crippen LogP contribution in [0.15, 0.2) is 78.9 Å². The number of nitro benzene ring substituents is 1. The van der Waals surface area contributed by atoms with Crippen LogP contribution in [0, 0.1) is 10.1 Å². The molecule has 0 radical (unpaired) electrons.